The number of aromatic nitrogens is 1. The summed E-state index contributed by atoms with van der Waals surface area (Å²) in [4.78, 5) is 18.5. The van der Waals surface area contributed by atoms with Crippen molar-refractivity contribution >= 4 is 27.3 Å². The highest BCUT2D eigenvalue weighted by molar-refractivity contribution is 7.89. The van der Waals surface area contributed by atoms with Gasteiger partial charge in [-0.1, -0.05) is 6.92 Å². The second-order valence-electron chi connectivity index (χ2n) is 10.3. The van der Waals surface area contributed by atoms with E-state index in [-0.39, 0.29) is 35.9 Å². The third-order valence-electron chi connectivity index (χ3n) is 7.36. The summed E-state index contributed by atoms with van der Waals surface area (Å²) in [6, 6.07) is 5.12. The van der Waals surface area contributed by atoms with Crippen LogP contribution in [0.1, 0.15) is 68.2 Å². The Labute approximate surface area is 228 Å². The summed E-state index contributed by atoms with van der Waals surface area (Å²) in [5.74, 6) is -0.981. The molecule has 12 heteroatoms. The Balaban J connectivity index is 1.63. The number of aryl methyl sites for hydroxylation is 1. The maximum Gasteiger partial charge on any atom is 0.309 e. The lowest BCUT2D eigenvalue weighted by molar-refractivity contribution is -0.148. The summed E-state index contributed by atoms with van der Waals surface area (Å²) in [6.45, 7) is 10.7. The normalized spacial score (nSPS) is 20.2. The van der Waals surface area contributed by atoms with E-state index in [1.807, 2.05) is 38.0 Å². The van der Waals surface area contributed by atoms with Crippen LogP contribution in [-0.4, -0.2) is 53.0 Å². The Kier molecular flexibility index (Phi) is 8.36. The zero-order chi connectivity index (χ0) is 27.7. The van der Waals surface area contributed by atoms with E-state index >= 15 is 0 Å². The first-order valence-electron chi connectivity index (χ1n) is 12.9. The molecule has 2 aromatic heterocycles. The molecule has 0 fully saturated rings. The summed E-state index contributed by atoms with van der Waals surface area (Å²) in [7, 11) is -3.83. The molecular weight excluding hydrogens is 526 g/mol. The molecule has 4 heterocycles. The molecule has 0 aliphatic carbocycles. The molecule has 0 amide bonds. The van der Waals surface area contributed by atoms with Gasteiger partial charge in [0.25, 0.3) is 0 Å². The Hall–Kier alpha value is -2.67. The molecule has 10 nitrogen and oxygen atoms in total. The highest BCUT2D eigenvalue weighted by atomic mass is 32.2. The molecule has 2 aliphatic rings. The highest BCUT2D eigenvalue weighted by Gasteiger charge is 2.40. The van der Waals surface area contributed by atoms with Gasteiger partial charge in [-0.3, -0.25) is 9.80 Å². The van der Waals surface area contributed by atoms with Crippen molar-refractivity contribution in [3.8, 4) is 5.88 Å². The lowest BCUT2D eigenvalue weighted by Crippen LogP contribution is -2.36. The molecule has 38 heavy (non-hydrogen) atoms. The number of rotatable bonds is 10. The van der Waals surface area contributed by atoms with Crippen LogP contribution in [0.4, 0.5) is 0 Å². The SMILES string of the molecule is CC[C@@H]1CN(Cc2cc([C@H](CCC3=CN(CC)NN3)C(C)(C)C(=O)O)sc2C)S(=O)(=O)c2cccnc2O1. The maximum atomic E-state index is 13.6. The van der Waals surface area contributed by atoms with Crippen molar-refractivity contribution in [1.29, 1.82) is 0 Å². The van der Waals surface area contributed by atoms with Gasteiger partial charge in [0.2, 0.25) is 15.9 Å². The van der Waals surface area contributed by atoms with Crippen LogP contribution < -0.4 is 15.7 Å². The molecule has 2 atom stereocenters. The Morgan fingerprint density at radius 2 is 2.13 bits per heavy atom. The second kappa shape index (κ2) is 11.2. The fraction of sp³-hybridized carbons (Fsp3) is 0.538. The first-order chi connectivity index (χ1) is 18.0. The van der Waals surface area contributed by atoms with E-state index in [0.29, 0.717) is 19.3 Å². The van der Waals surface area contributed by atoms with Crippen molar-refractivity contribution in [3.63, 3.8) is 0 Å². The number of nitrogens with one attached hydrogen (secondary N) is 2. The van der Waals surface area contributed by atoms with Gasteiger partial charge in [0.05, 0.1) is 12.0 Å². The lowest BCUT2D eigenvalue weighted by atomic mass is 9.75. The summed E-state index contributed by atoms with van der Waals surface area (Å²) < 4.78 is 34.6. The molecule has 0 bridgehead atoms. The van der Waals surface area contributed by atoms with Gasteiger partial charge in [0.15, 0.2) is 0 Å². The van der Waals surface area contributed by atoms with Gasteiger partial charge >= 0.3 is 5.97 Å². The monoisotopic (exact) mass is 563 g/mol. The lowest BCUT2D eigenvalue weighted by Gasteiger charge is -2.30. The molecule has 0 unspecified atom stereocenters. The molecule has 0 radical (unpaired) electrons. The molecule has 0 saturated carbocycles. The van der Waals surface area contributed by atoms with Crippen molar-refractivity contribution < 1.29 is 23.1 Å². The fourth-order valence-corrected chi connectivity index (χ4v) is 7.63. The van der Waals surface area contributed by atoms with E-state index in [1.165, 1.54) is 16.6 Å². The number of carboxylic acid groups (broad SMARTS) is 1. The zero-order valence-corrected chi connectivity index (χ0v) is 24.2. The number of fused-ring (bicyclic) bond motifs is 1. The number of thiophene rings is 1. The molecule has 208 valence electrons. The molecule has 0 spiro atoms. The number of aliphatic carboxylic acids is 1. The molecule has 0 aromatic carbocycles. The quantitative estimate of drug-likeness (QED) is 0.394. The average molecular weight is 564 g/mol. The predicted molar refractivity (Wildman–Crippen MR) is 146 cm³/mol. The largest absolute Gasteiger partial charge is 0.481 e. The smallest absolute Gasteiger partial charge is 0.309 e. The van der Waals surface area contributed by atoms with Crippen LogP contribution in [0.5, 0.6) is 5.88 Å². The minimum absolute atomic E-state index is 0.0704. The van der Waals surface area contributed by atoms with Gasteiger partial charge in [0.1, 0.15) is 11.0 Å². The van der Waals surface area contributed by atoms with Gasteiger partial charge in [0, 0.05) is 46.9 Å². The fourth-order valence-electron chi connectivity index (χ4n) is 4.75. The Bertz CT molecular complexity index is 1310. The Morgan fingerprint density at radius 1 is 1.37 bits per heavy atom. The summed E-state index contributed by atoms with van der Waals surface area (Å²) in [6.07, 6.45) is 5.16. The maximum absolute atomic E-state index is 13.6. The van der Waals surface area contributed by atoms with Crippen molar-refractivity contribution in [2.24, 2.45) is 5.41 Å². The second-order valence-corrected chi connectivity index (χ2v) is 13.5. The van der Waals surface area contributed by atoms with Gasteiger partial charge < -0.3 is 15.3 Å². The van der Waals surface area contributed by atoms with Crippen LogP contribution in [-0.2, 0) is 21.4 Å². The van der Waals surface area contributed by atoms with Crippen LogP contribution in [0.15, 0.2) is 41.2 Å². The third kappa shape index (κ3) is 5.68. The van der Waals surface area contributed by atoms with E-state index < -0.39 is 21.4 Å². The minimum atomic E-state index is -3.83. The van der Waals surface area contributed by atoms with Gasteiger partial charge in [-0.25, -0.2) is 13.4 Å². The van der Waals surface area contributed by atoms with E-state index in [0.717, 1.165) is 27.6 Å². The van der Waals surface area contributed by atoms with Crippen LogP contribution in [0.3, 0.4) is 0 Å². The molecule has 4 rings (SSSR count). The minimum Gasteiger partial charge on any atom is -0.481 e. The van der Waals surface area contributed by atoms with Crippen LogP contribution in [0.2, 0.25) is 0 Å². The molecule has 3 N–H and O–H groups in total. The number of hydrogen-bond acceptors (Lipinski definition) is 9. The summed E-state index contributed by atoms with van der Waals surface area (Å²) in [5, 5.41) is 12.0. The molecule has 2 aliphatic heterocycles. The topological polar surface area (TPSA) is 124 Å². The standard InChI is InChI=1S/C26H37N5O5S2/c1-6-20-16-31(38(34,35)23-9-8-12-27-24(23)36-20)14-18-13-22(37-17(18)3)21(26(4,5)25(32)33)11-10-19-15-30(7-2)29-28-19/h8-9,12-13,15,20-21,28-29H,6-7,10-11,14,16H2,1-5H3,(H,32,33)/t20-,21+/m1/s1. The molecule has 0 saturated heterocycles. The first-order valence-corrected chi connectivity index (χ1v) is 15.2. The number of ether oxygens (including phenoxy) is 1. The van der Waals surface area contributed by atoms with E-state index in [4.69, 9.17) is 4.74 Å². The Morgan fingerprint density at radius 3 is 2.79 bits per heavy atom. The van der Waals surface area contributed by atoms with Crippen LogP contribution in [0, 0.1) is 12.3 Å². The van der Waals surface area contributed by atoms with E-state index in [2.05, 4.69) is 15.9 Å². The number of hydrogen-bond donors (Lipinski definition) is 3. The number of nitrogens with zero attached hydrogens (tertiary/aromatic N) is 3. The van der Waals surface area contributed by atoms with Gasteiger partial charge in [-0.05, 0) is 70.7 Å². The van der Waals surface area contributed by atoms with E-state index in [9.17, 15) is 18.3 Å². The van der Waals surface area contributed by atoms with Crippen LogP contribution in [0.25, 0.3) is 0 Å². The van der Waals surface area contributed by atoms with E-state index in [1.54, 1.807) is 31.3 Å². The first kappa shape index (κ1) is 28.3. The predicted octanol–water partition coefficient (Wildman–Crippen LogP) is 3.97. The molecular formula is C26H37N5O5S2. The number of pyridine rings is 1. The van der Waals surface area contributed by atoms with Gasteiger partial charge in [-0.2, -0.15) is 4.31 Å². The number of allylic oxidation sites excluding steroid dienone is 1. The van der Waals surface area contributed by atoms with Crippen molar-refractivity contribution in [3.05, 3.63) is 51.6 Å². The number of hydrazine groups is 2. The molecule has 2 aromatic rings. The van der Waals surface area contributed by atoms with Gasteiger partial charge in [-0.15, -0.1) is 16.9 Å². The summed E-state index contributed by atoms with van der Waals surface area (Å²) >= 11 is 1.55. The third-order valence-corrected chi connectivity index (χ3v) is 10.4. The van der Waals surface area contributed by atoms with Crippen molar-refractivity contribution in [2.75, 3.05) is 13.1 Å². The van der Waals surface area contributed by atoms with Crippen LogP contribution >= 0.6 is 11.3 Å². The summed E-state index contributed by atoms with van der Waals surface area (Å²) in [5.41, 5.74) is 7.09. The number of sulfonamides is 1. The highest BCUT2D eigenvalue weighted by Crippen LogP contribution is 2.44. The van der Waals surface area contributed by atoms with Crippen molar-refractivity contribution in [2.45, 2.75) is 77.3 Å². The number of carboxylic acids is 1. The zero-order valence-electron chi connectivity index (χ0n) is 22.5. The average Bonchev–Trinajstić information content (AvgIpc) is 3.46. The number of carbonyl (C=O) groups is 1. The van der Waals surface area contributed by atoms with Crippen molar-refractivity contribution in [1.82, 2.24) is 25.3 Å².